The van der Waals surface area contributed by atoms with Crippen molar-refractivity contribution in [3.05, 3.63) is 161 Å². The van der Waals surface area contributed by atoms with Crippen LogP contribution < -0.4 is 16.8 Å². The van der Waals surface area contributed by atoms with Crippen LogP contribution in [0.1, 0.15) is 54.5 Å². The number of nitrogens with zero attached hydrogens (tertiary/aromatic N) is 1. The van der Waals surface area contributed by atoms with Gasteiger partial charge in [0.05, 0.1) is 12.3 Å². The number of hydrogen-bond acceptors (Lipinski definition) is 5. The molecule has 0 bridgehead atoms. The largest absolute Gasteiger partial charge is 0.356 e. The fourth-order valence-electron chi connectivity index (χ4n) is 6.22. The van der Waals surface area contributed by atoms with Gasteiger partial charge in [-0.3, -0.25) is 4.90 Å². The van der Waals surface area contributed by atoms with E-state index in [4.69, 9.17) is 11.5 Å². The van der Waals surface area contributed by atoms with Gasteiger partial charge in [-0.25, -0.2) is 0 Å². The molecular formula is C39H42N4S. The summed E-state index contributed by atoms with van der Waals surface area (Å²) in [6.07, 6.45) is 34.0. The summed E-state index contributed by atoms with van der Waals surface area (Å²) in [4.78, 5) is 4.69. The molecule has 0 fully saturated rings. The molecule has 4 atom stereocenters. The lowest BCUT2D eigenvalue weighted by molar-refractivity contribution is 0.125. The summed E-state index contributed by atoms with van der Waals surface area (Å²) in [6.45, 7) is 5.09. The van der Waals surface area contributed by atoms with E-state index in [1.54, 1.807) is 0 Å². The van der Waals surface area contributed by atoms with Crippen molar-refractivity contribution in [3.8, 4) is 0 Å². The second-order valence-electron chi connectivity index (χ2n) is 11.7. The number of hydrogen-bond donors (Lipinski definition) is 3. The minimum Gasteiger partial charge on any atom is -0.356 e. The summed E-state index contributed by atoms with van der Waals surface area (Å²) in [5.74, 6) is 0.429. The summed E-state index contributed by atoms with van der Waals surface area (Å²) >= 11 is 1.83. The number of allylic oxidation sites excluding steroid dienone is 14. The molecule has 224 valence electrons. The van der Waals surface area contributed by atoms with Gasteiger partial charge in [-0.05, 0) is 60.1 Å². The molecule has 2 aromatic rings. The zero-order chi connectivity index (χ0) is 30.3. The molecule has 4 aliphatic rings. The minimum atomic E-state index is -0.347. The number of benzene rings is 2. The predicted octanol–water partition coefficient (Wildman–Crippen LogP) is 8.87. The summed E-state index contributed by atoms with van der Waals surface area (Å²) in [5.41, 5.74) is 20.9. The summed E-state index contributed by atoms with van der Waals surface area (Å²) in [7, 11) is 0. The highest BCUT2D eigenvalue weighted by Gasteiger charge is 2.30. The first-order chi connectivity index (χ1) is 21.6. The predicted molar refractivity (Wildman–Crippen MR) is 189 cm³/mol. The Morgan fingerprint density at radius 2 is 1.70 bits per heavy atom. The summed E-state index contributed by atoms with van der Waals surface area (Å²) < 4.78 is 0. The maximum atomic E-state index is 7.06. The van der Waals surface area contributed by atoms with E-state index in [9.17, 15) is 0 Å². The Morgan fingerprint density at radius 3 is 2.43 bits per heavy atom. The summed E-state index contributed by atoms with van der Waals surface area (Å²) in [6, 6.07) is 14.7. The molecular weight excluding hydrogens is 557 g/mol. The Balaban J connectivity index is 1.39. The van der Waals surface area contributed by atoms with Gasteiger partial charge in [-0.1, -0.05) is 134 Å². The van der Waals surface area contributed by atoms with Gasteiger partial charge in [0.2, 0.25) is 0 Å². The third kappa shape index (κ3) is 6.92. The Hall–Kier alpha value is -3.87. The van der Waals surface area contributed by atoms with E-state index in [1.165, 1.54) is 15.4 Å². The van der Waals surface area contributed by atoms with Crippen LogP contribution in [0.4, 0.5) is 5.69 Å². The lowest BCUT2D eigenvalue weighted by Crippen LogP contribution is -2.51. The average Bonchev–Trinajstić information content (AvgIpc) is 3.07. The van der Waals surface area contributed by atoms with Crippen LogP contribution in [0.15, 0.2) is 150 Å². The number of rotatable bonds is 9. The van der Waals surface area contributed by atoms with Gasteiger partial charge >= 0.3 is 0 Å². The number of thioether (sulfide) groups is 1. The third-order valence-electron chi connectivity index (χ3n) is 8.65. The van der Waals surface area contributed by atoms with Crippen LogP contribution in [0, 0.1) is 5.92 Å². The SMILES string of the molecule is C=C1/C=C\C=C(\CN(C(N)c2ccccc2)C(N)C2C=CC=CC2)Sc2c1ccc(NC1=CCCC=C1)c2C1C=CC=CC1. The van der Waals surface area contributed by atoms with Crippen LogP contribution in [0.2, 0.25) is 0 Å². The monoisotopic (exact) mass is 598 g/mol. The molecule has 0 amide bonds. The molecule has 0 spiro atoms. The van der Waals surface area contributed by atoms with Crippen molar-refractivity contribution >= 4 is 23.0 Å². The van der Waals surface area contributed by atoms with Crippen LogP contribution in [0.3, 0.4) is 0 Å². The van der Waals surface area contributed by atoms with Crippen LogP contribution in [-0.2, 0) is 0 Å². The number of fused-ring (bicyclic) bond motifs is 1. The van der Waals surface area contributed by atoms with Crippen molar-refractivity contribution in [1.29, 1.82) is 0 Å². The molecule has 1 aliphatic heterocycles. The topological polar surface area (TPSA) is 67.3 Å². The van der Waals surface area contributed by atoms with Gasteiger partial charge in [0.25, 0.3) is 0 Å². The van der Waals surface area contributed by atoms with Crippen LogP contribution in [-0.4, -0.2) is 17.6 Å². The highest BCUT2D eigenvalue weighted by atomic mass is 32.2. The van der Waals surface area contributed by atoms with Crippen molar-refractivity contribution in [2.75, 3.05) is 11.9 Å². The minimum absolute atomic E-state index is 0.180. The van der Waals surface area contributed by atoms with Crippen LogP contribution in [0.25, 0.3) is 5.57 Å². The first-order valence-corrected chi connectivity index (χ1v) is 16.4. The number of anilines is 1. The van der Waals surface area contributed by atoms with E-state index < -0.39 is 0 Å². The van der Waals surface area contributed by atoms with Gasteiger partial charge in [0, 0.05) is 39.6 Å². The Labute approximate surface area is 266 Å². The lowest BCUT2D eigenvalue weighted by atomic mass is 9.88. The molecule has 0 aromatic heterocycles. The standard InChI is InChI=1S/C39H42N4S/c1-28-15-14-24-33(27-43(38(40)30-18-8-3-9-19-30)39(41)31-20-10-4-11-21-31)44-37-34(28)25-26-35(42-32-22-12-5-13-23-32)36(37)29-16-6-2-7-17-29/h2-4,6-12,14-16,18-20,22-26,29,31,38-39,42H,1,5,13,17,21,27,40-41H2/b15-14-,33-24-. The molecule has 44 heavy (non-hydrogen) atoms. The molecule has 4 nitrogen and oxygen atoms in total. The highest BCUT2D eigenvalue weighted by Crippen LogP contribution is 2.46. The maximum absolute atomic E-state index is 7.06. The normalized spacial score (nSPS) is 24.1. The fourth-order valence-corrected chi connectivity index (χ4v) is 7.52. The van der Waals surface area contributed by atoms with E-state index in [0.29, 0.717) is 6.54 Å². The smallest absolute Gasteiger partial charge is 0.0851 e. The molecule has 2 aromatic carbocycles. The number of nitrogens with two attached hydrogens (primary N) is 2. The zero-order valence-electron chi connectivity index (χ0n) is 25.2. The molecule has 5 heteroatoms. The molecule has 0 saturated carbocycles. The third-order valence-corrected chi connectivity index (χ3v) is 9.82. The highest BCUT2D eigenvalue weighted by molar-refractivity contribution is 8.03. The van der Waals surface area contributed by atoms with Crippen molar-refractivity contribution in [2.24, 2.45) is 17.4 Å². The first-order valence-electron chi connectivity index (χ1n) is 15.6. The second-order valence-corrected chi connectivity index (χ2v) is 12.8. The van der Waals surface area contributed by atoms with Crippen molar-refractivity contribution in [3.63, 3.8) is 0 Å². The molecule has 4 unspecified atom stereocenters. The molecule has 3 aliphatic carbocycles. The quantitative estimate of drug-likeness (QED) is 0.252. The van der Waals surface area contributed by atoms with Gasteiger partial charge < -0.3 is 16.8 Å². The van der Waals surface area contributed by atoms with E-state index in [1.807, 2.05) is 30.0 Å². The maximum Gasteiger partial charge on any atom is 0.0851 e. The molecule has 0 radical (unpaired) electrons. The Bertz CT molecular complexity index is 1600. The van der Waals surface area contributed by atoms with Crippen LogP contribution >= 0.6 is 11.8 Å². The molecule has 0 saturated heterocycles. The average molecular weight is 599 g/mol. The van der Waals surface area contributed by atoms with E-state index in [-0.39, 0.29) is 24.2 Å². The molecule has 5 N–H and O–H groups in total. The summed E-state index contributed by atoms with van der Waals surface area (Å²) in [5, 5.41) is 3.78. The number of nitrogens with one attached hydrogen (secondary N) is 1. The van der Waals surface area contributed by atoms with Crippen molar-refractivity contribution in [1.82, 2.24) is 4.90 Å². The first kappa shape index (κ1) is 30.2. The molecule has 6 rings (SSSR count). The Kier molecular flexibility index (Phi) is 9.79. The zero-order valence-corrected chi connectivity index (χ0v) is 26.0. The van der Waals surface area contributed by atoms with Gasteiger partial charge in [-0.2, -0.15) is 0 Å². The van der Waals surface area contributed by atoms with E-state index in [0.717, 1.165) is 53.8 Å². The Morgan fingerprint density at radius 1 is 0.886 bits per heavy atom. The van der Waals surface area contributed by atoms with E-state index in [2.05, 4.69) is 126 Å². The van der Waals surface area contributed by atoms with Gasteiger partial charge in [0.1, 0.15) is 0 Å². The van der Waals surface area contributed by atoms with Crippen molar-refractivity contribution in [2.45, 2.75) is 48.8 Å². The van der Waals surface area contributed by atoms with Gasteiger partial charge in [0.15, 0.2) is 0 Å². The van der Waals surface area contributed by atoms with Crippen LogP contribution in [0.5, 0.6) is 0 Å². The second kappa shape index (κ2) is 14.3. The van der Waals surface area contributed by atoms with Gasteiger partial charge in [-0.15, -0.1) is 0 Å². The van der Waals surface area contributed by atoms with Crippen molar-refractivity contribution < 1.29 is 0 Å². The fraction of sp³-hybridized carbons (Fsp3) is 0.231. The molecule has 1 heterocycles. The lowest BCUT2D eigenvalue weighted by Gasteiger charge is -2.38. The van der Waals surface area contributed by atoms with E-state index >= 15 is 0 Å².